The summed E-state index contributed by atoms with van der Waals surface area (Å²) < 4.78 is 10.9. The topological polar surface area (TPSA) is 101 Å². The van der Waals surface area contributed by atoms with Gasteiger partial charge in [0, 0.05) is 5.56 Å². The van der Waals surface area contributed by atoms with E-state index in [4.69, 9.17) is 9.15 Å². The molecule has 0 aliphatic carbocycles. The summed E-state index contributed by atoms with van der Waals surface area (Å²) >= 11 is 0. The number of benzene rings is 2. The second-order valence-electron chi connectivity index (χ2n) is 5.45. The number of furan rings is 1. The van der Waals surface area contributed by atoms with Crippen LogP contribution in [0, 0.1) is 0 Å². The van der Waals surface area contributed by atoms with Crippen molar-refractivity contribution in [3.8, 4) is 17.1 Å². The molecule has 0 aliphatic heterocycles. The van der Waals surface area contributed by atoms with Crippen LogP contribution in [-0.2, 0) is 4.79 Å². The van der Waals surface area contributed by atoms with Gasteiger partial charge in [0.05, 0.1) is 11.8 Å². The van der Waals surface area contributed by atoms with E-state index in [1.807, 2.05) is 18.2 Å². The zero-order valence-electron chi connectivity index (χ0n) is 14.2. The molecule has 0 bridgehead atoms. The lowest BCUT2D eigenvalue weighted by molar-refractivity contribution is -0.123. The second kappa shape index (κ2) is 8.48. The minimum Gasteiger partial charge on any atom is -0.484 e. The van der Waals surface area contributed by atoms with Crippen LogP contribution in [0.2, 0.25) is 0 Å². The molecule has 3 aromatic rings. The number of nitrogens with one attached hydrogen (secondary N) is 1. The molecule has 0 spiro atoms. The number of carboxylic acid groups (broad SMARTS) is 1. The van der Waals surface area contributed by atoms with E-state index in [1.165, 1.54) is 12.3 Å². The molecule has 1 amide bonds. The van der Waals surface area contributed by atoms with E-state index in [1.54, 1.807) is 42.5 Å². The van der Waals surface area contributed by atoms with Crippen molar-refractivity contribution < 1.29 is 23.8 Å². The van der Waals surface area contributed by atoms with E-state index >= 15 is 0 Å². The monoisotopic (exact) mass is 364 g/mol. The van der Waals surface area contributed by atoms with Crippen molar-refractivity contribution in [2.75, 3.05) is 6.61 Å². The first kappa shape index (κ1) is 17.9. The largest absolute Gasteiger partial charge is 0.484 e. The quantitative estimate of drug-likeness (QED) is 0.495. The number of rotatable bonds is 7. The van der Waals surface area contributed by atoms with Crippen LogP contribution < -0.4 is 10.2 Å². The molecule has 1 heterocycles. The Morgan fingerprint density at radius 2 is 1.78 bits per heavy atom. The maximum atomic E-state index is 11.7. The lowest BCUT2D eigenvalue weighted by atomic mass is 10.1. The fraction of sp³-hybridized carbons (Fsp3) is 0.0500. The van der Waals surface area contributed by atoms with Gasteiger partial charge in [-0.3, -0.25) is 4.79 Å². The average molecular weight is 364 g/mol. The Hall–Kier alpha value is -3.87. The highest BCUT2D eigenvalue weighted by Gasteiger charge is 2.13. The lowest BCUT2D eigenvalue weighted by Gasteiger charge is -2.03. The van der Waals surface area contributed by atoms with Crippen molar-refractivity contribution in [2.24, 2.45) is 5.10 Å². The molecule has 2 aromatic carbocycles. The Labute approximate surface area is 154 Å². The maximum Gasteiger partial charge on any atom is 0.336 e. The van der Waals surface area contributed by atoms with Crippen LogP contribution in [0.4, 0.5) is 0 Å². The molecule has 27 heavy (non-hydrogen) atoms. The van der Waals surface area contributed by atoms with Gasteiger partial charge in [-0.05, 0) is 30.3 Å². The maximum absolute atomic E-state index is 11.7. The van der Waals surface area contributed by atoms with Crippen molar-refractivity contribution >= 4 is 18.1 Å². The number of ether oxygens (including phenoxy) is 1. The number of carbonyl (C=O) groups excluding carboxylic acids is 1. The third-order valence-electron chi connectivity index (χ3n) is 3.54. The highest BCUT2D eigenvalue weighted by molar-refractivity contribution is 5.95. The van der Waals surface area contributed by atoms with E-state index in [2.05, 4.69) is 10.5 Å². The predicted molar refractivity (Wildman–Crippen MR) is 98.8 cm³/mol. The Morgan fingerprint density at radius 1 is 1.04 bits per heavy atom. The fourth-order valence-electron chi connectivity index (χ4n) is 2.32. The number of carbonyl (C=O) groups is 2. The van der Waals surface area contributed by atoms with E-state index in [-0.39, 0.29) is 12.2 Å². The number of amides is 1. The average Bonchev–Trinajstić information content (AvgIpc) is 3.16. The van der Waals surface area contributed by atoms with Crippen LogP contribution in [-0.4, -0.2) is 29.8 Å². The minimum absolute atomic E-state index is 0.140. The van der Waals surface area contributed by atoms with Gasteiger partial charge in [0.1, 0.15) is 17.3 Å². The SMILES string of the molecule is O=C(COc1ccccc1)N/N=C\c1ccc(-c2ccccc2C(=O)O)o1. The minimum atomic E-state index is -1.04. The molecule has 1 aromatic heterocycles. The summed E-state index contributed by atoms with van der Waals surface area (Å²) in [6, 6.07) is 18.8. The Bertz CT molecular complexity index is 963. The summed E-state index contributed by atoms with van der Waals surface area (Å²) in [5.41, 5.74) is 2.93. The van der Waals surface area contributed by atoms with Crippen LogP contribution in [0.3, 0.4) is 0 Å². The number of carboxylic acids is 1. The Kier molecular flexibility index (Phi) is 5.64. The van der Waals surface area contributed by atoms with E-state index in [0.29, 0.717) is 22.8 Å². The number of para-hydroxylation sites is 1. The standard InChI is InChI=1S/C20H16N2O5/c23-19(13-26-14-6-2-1-3-7-14)22-21-12-15-10-11-18(27-15)16-8-4-5-9-17(16)20(24)25/h1-12H,13H2,(H,22,23)(H,24,25)/b21-12-. The zero-order chi connectivity index (χ0) is 19.1. The highest BCUT2D eigenvalue weighted by Crippen LogP contribution is 2.25. The molecule has 0 saturated heterocycles. The van der Waals surface area contributed by atoms with Crippen LogP contribution in [0.5, 0.6) is 5.75 Å². The van der Waals surface area contributed by atoms with Gasteiger partial charge in [-0.1, -0.05) is 36.4 Å². The van der Waals surface area contributed by atoms with Crippen molar-refractivity contribution in [1.29, 1.82) is 0 Å². The Morgan fingerprint density at radius 3 is 2.56 bits per heavy atom. The molecule has 0 atom stereocenters. The first-order valence-corrected chi connectivity index (χ1v) is 8.06. The van der Waals surface area contributed by atoms with Crippen LogP contribution in [0.15, 0.2) is 76.2 Å². The molecule has 3 rings (SSSR count). The summed E-state index contributed by atoms with van der Waals surface area (Å²) in [6.45, 7) is -0.170. The highest BCUT2D eigenvalue weighted by atomic mass is 16.5. The van der Waals surface area contributed by atoms with Gasteiger partial charge in [0.15, 0.2) is 6.61 Å². The van der Waals surface area contributed by atoms with Crippen LogP contribution in [0.25, 0.3) is 11.3 Å². The Balaban J connectivity index is 1.58. The molecule has 0 radical (unpaired) electrons. The van der Waals surface area contributed by atoms with Crippen molar-refractivity contribution in [2.45, 2.75) is 0 Å². The van der Waals surface area contributed by atoms with Crippen LogP contribution >= 0.6 is 0 Å². The van der Waals surface area contributed by atoms with E-state index in [9.17, 15) is 14.7 Å². The third kappa shape index (κ3) is 4.82. The number of hydrogen-bond acceptors (Lipinski definition) is 5. The molecule has 7 nitrogen and oxygen atoms in total. The zero-order valence-corrected chi connectivity index (χ0v) is 14.2. The molecule has 136 valence electrons. The van der Waals surface area contributed by atoms with Gasteiger partial charge in [0.2, 0.25) is 0 Å². The molecule has 7 heteroatoms. The molecule has 0 saturated carbocycles. The van der Waals surface area contributed by atoms with Gasteiger partial charge >= 0.3 is 5.97 Å². The van der Waals surface area contributed by atoms with E-state index in [0.717, 1.165) is 0 Å². The summed E-state index contributed by atoms with van der Waals surface area (Å²) in [5.74, 6) is -0.104. The smallest absolute Gasteiger partial charge is 0.336 e. The molecular weight excluding hydrogens is 348 g/mol. The second-order valence-corrected chi connectivity index (χ2v) is 5.45. The summed E-state index contributed by atoms with van der Waals surface area (Å²) in [6.07, 6.45) is 1.33. The molecule has 2 N–H and O–H groups in total. The van der Waals surface area contributed by atoms with Gasteiger partial charge < -0.3 is 14.3 Å². The van der Waals surface area contributed by atoms with Gasteiger partial charge in [-0.2, -0.15) is 5.10 Å². The first-order valence-electron chi connectivity index (χ1n) is 8.06. The van der Waals surface area contributed by atoms with Crippen LogP contribution in [0.1, 0.15) is 16.1 Å². The third-order valence-corrected chi connectivity index (χ3v) is 3.54. The number of aromatic carboxylic acids is 1. The van der Waals surface area contributed by atoms with Gasteiger partial charge in [-0.15, -0.1) is 0 Å². The van der Waals surface area contributed by atoms with Gasteiger partial charge in [0.25, 0.3) is 5.91 Å². The summed E-state index contributed by atoms with van der Waals surface area (Å²) in [7, 11) is 0. The predicted octanol–water partition coefficient (Wildman–Crippen LogP) is 3.17. The summed E-state index contributed by atoms with van der Waals surface area (Å²) in [5, 5.41) is 13.0. The number of hydrazone groups is 1. The van der Waals surface area contributed by atoms with Crippen molar-refractivity contribution in [3.05, 3.63) is 78.1 Å². The molecule has 0 unspecified atom stereocenters. The first-order chi connectivity index (χ1) is 13.1. The normalized spacial score (nSPS) is 10.7. The van der Waals surface area contributed by atoms with Gasteiger partial charge in [-0.25, -0.2) is 10.2 Å². The molecule has 0 aliphatic rings. The van der Waals surface area contributed by atoms with E-state index < -0.39 is 11.9 Å². The molecule has 0 fully saturated rings. The van der Waals surface area contributed by atoms with Crippen molar-refractivity contribution in [3.63, 3.8) is 0 Å². The van der Waals surface area contributed by atoms with Crippen molar-refractivity contribution in [1.82, 2.24) is 5.43 Å². The number of hydrogen-bond donors (Lipinski definition) is 2. The number of nitrogens with zero attached hydrogens (tertiary/aromatic N) is 1. The lowest BCUT2D eigenvalue weighted by Crippen LogP contribution is -2.24. The molecular formula is C20H16N2O5. The fourth-order valence-corrected chi connectivity index (χ4v) is 2.32. The summed E-state index contributed by atoms with van der Waals surface area (Å²) in [4.78, 5) is 23.0.